The van der Waals surface area contributed by atoms with Gasteiger partial charge in [-0.05, 0) is 30.2 Å². The van der Waals surface area contributed by atoms with Crippen LogP contribution in [0.4, 0.5) is 13.2 Å². The standard InChI is InChI=1S/C14H13F3O4S/c1-9(18)22-5-3-2-4-10-6-11(13(19)20)8-12(7-10)21-14(15,16)17/h2,4,6-8H,3,5H2,1H3,(H,19,20). The third-order valence-electron chi connectivity index (χ3n) is 2.31. The first-order valence-corrected chi connectivity index (χ1v) is 7.10. The van der Waals surface area contributed by atoms with E-state index >= 15 is 0 Å². The van der Waals surface area contributed by atoms with Gasteiger partial charge in [0.05, 0.1) is 5.56 Å². The molecule has 0 saturated carbocycles. The molecule has 1 aromatic rings. The molecule has 1 rings (SSSR count). The van der Waals surface area contributed by atoms with E-state index in [2.05, 4.69) is 4.74 Å². The molecule has 0 amide bonds. The van der Waals surface area contributed by atoms with E-state index in [-0.39, 0.29) is 16.2 Å². The van der Waals surface area contributed by atoms with Gasteiger partial charge in [0.1, 0.15) is 5.75 Å². The molecule has 120 valence electrons. The van der Waals surface area contributed by atoms with Crippen molar-refractivity contribution in [2.45, 2.75) is 19.7 Å². The molecule has 4 nitrogen and oxygen atoms in total. The molecule has 0 fully saturated rings. The van der Waals surface area contributed by atoms with Crippen molar-refractivity contribution >= 4 is 28.9 Å². The molecular formula is C14H13F3O4S. The van der Waals surface area contributed by atoms with E-state index in [1.807, 2.05) is 0 Å². The summed E-state index contributed by atoms with van der Waals surface area (Å²) in [6.07, 6.45) is -1.24. The van der Waals surface area contributed by atoms with Crippen LogP contribution in [0.25, 0.3) is 6.08 Å². The van der Waals surface area contributed by atoms with E-state index < -0.39 is 18.1 Å². The molecule has 0 atom stereocenters. The Balaban J connectivity index is 2.86. The fourth-order valence-corrected chi connectivity index (χ4v) is 2.07. The Bertz CT molecular complexity index is 582. The van der Waals surface area contributed by atoms with E-state index in [4.69, 9.17) is 5.11 Å². The number of carbonyl (C=O) groups is 2. The van der Waals surface area contributed by atoms with Gasteiger partial charge in [0.2, 0.25) is 0 Å². The second-order valence-electron chi connectivity index (χ2n) is 4.17. The van der Waals surface area contributed by atoms with Crippen molar-refractivity contribution in [1.82, 2.24) is 0 Å². The van der Waals surface area contributed by atoms with Crippen LogP contribution in [0.2, 0.25) is 0 Å². The summed E-state index contributed by atoms with van der Waals surface area (Å²) in [7, 11) is 0. The number of carbonyl (C=O) groups excluding carboxylic acids is 1. The zero-order valence-corrected chi connectivity index (χ0v) is 12.3. The number of carboxylic acids is 1. The van der Waals surface area contributed by atoms with Crippen molar-refractivity contribution in [3.05, 3.63) is 35.4 Å². The molecule has 0 unspecified atom stereocenters. The average molecular weight is 334 g/mol. The molecular weight excluding hydrogens is 321 g/mol. The maximum atomic E-state index is 12.2. The minimum atomic E-state index is -4.89. The smallest absolute Gasteiger partial charge is 0.478 e. The van der Waals surface area contributed by atoms with Crippen LogP contribution < -0.4 is 4.74 Å². The number of carboxylic acid groups (broad SMARTS) is 1. The molecule has 0 spiro atoms. The number of halogens is 3. The Morgan fingerprint density at radius 2 is 2.00 bits per heavy atom. The molecule has 0 aliphatic rings. The number of hydrogen-bond donors (Lipinski definition) is 1. The predicted octanol–water partition coefficient (Wildman–Crippen LogP) is 3.97. The quantitative estimate of drug-likeness (QED) is 0.798. The maximum Gasteiger partial charge on any atom is 0.573 e. The molecule has 0 bridgehead atoms. The summed E-state index contributed by atoms with van der Waals surface area (Å²) < 4.78 is 40.4. The van der Waals surface area contributed by atoms with Gasteiger partial charge in [0.25, 0.3) is 0 Å². The van der Waals surface area contributed by atoms with Crippen LogP contribution in [-0.4, -0.2) is 28.3 Å². The number of thioether (sulfide) groups is 1. The number of allylic oxidation sites excluding steroid dienone is 1. The molecule has 22 heavy (non-hydrogen) atoms. The Morgan fingerprint density at radius 3 is 2.55 bits per heavy atom. The van der Waals surface area contributed by atoms with Gasteiger partial charge in [0, 0.05) is 12.7 Å². The molecule has 0 heterocycles. The number of benzene rings is 1. The fourth-order valence-electron chi connectivity index (χ4n) is 1.52. The van der Waals surface area contributed by atoms with Crippen molar-refractivity contribution in [1.29, 1.82) is 0 Å². The minimum absolute atomic E-state index is 0.0258. The normalized spacial score (nSPS) is 11.6. The molecule has 1 aromatic carbocycles. The SMILES string of the molecule is CC(=O)SCCC=Cc1cc(OC(F)(F)F)cc(C(=O)O)c1. The highest BCUT2D eigenvalue weighted by molar-refractivity contribution is 8.13. The number of ether oxygens (including phenoxy) is 1. The number of aromatic carboxylic acids is 1. The monoisotopic (exact) mass is 334 g/mol. The molecule has 0 aromatic heterocycles. The first-order chi connectivity index (χ1) is 10.2. The van der Waals surface area contributed by atoms with Gasteiger partial charge < -0.3 is 9.84 Å². The summed E-state index contributed by atoms with van der Waals surface area (Å²) in [5.41, 5.74) is -0.0357. The number of alkyl halides is 3. The third kappa shape index (κ3) is 7.16. The van der Waals surface area contributed by atoms with E-state index in [9.17, 15) is 22.8 Å². The van der Waals surface area contributed by atoms with E-state index in [1.54, 1.807) is 6.08 Å². The van der Waals surface area contributed by atoms with Gasteiger partial charge in [-0.25, -0.2) is 4.79 Å². The summed E-state index contributed by atoms with van der Waals surface area (Å²) >= 11 is 1.13. The molecule has 0 aliphatic carbocycles. The van der Waals surface area contributed by atoms with Crippen molar-refractivity contribution in [3.8, 4) is 5.75 Å². The lowest BCUT2D eigenvalue weighted by molar-refractivity contribution is -0.274. The van der Waals surface area contributed by atoms with Gasteiger partial charge >= 0.3 is 12.3 Å². The highest BCUT2D eigenvalue weighted by Gasteiger charge is 2.31. The van der Waals surface area contributed by atoms with E-state index in [0.29, 0.717) is 12.2 Å². The average Bonchev–Trinajstić information content (AvgIpc) is 2.35. The van der Waals surface area contributed by atoms with Crippen LogP contribution in [0.15, 0.2) is 24.3 Å². The van der Waals surface area contributed by atoms with Crippen LogP contribution in [0.3, 0.4) is 0 Å². The zero-order chi connectivity index (χ0) is 16.8. The van der Waals surface area contributed by atoms with Gasteiger partial charge in [-0.15, -0.1) is 13.2 Å². The van der Waals surface area contributed by atoms with Crippen molar-refractivity contribution in [3.63, 3.8) is 0 Å². The Labute approximate surface area is 129 Å². The third-order valence-corrected chi connectivity index (χ3v) is 3.16. The van der Waals surface area contributed by atoms with Gasteiger partial charge in [-0.3, -0.25) is 4.79 Å². The molecule has 8 heteroatoms. The summed E-state index contributed by atoms with van der Waals surface area (Å²) in [5, 5.41) is 8.88. The van der Waals surface area contributed by atoms with Crippen molar-refractivity contribution in [2.75, 3.05) is 5.75 Å². The van der Waals surface area contributed by atoms with Crippen LogP contribution in [0.1, 0.15) is 29.3 Å². The molecule has 0 saturated heterocycles. The Morgan fingerprint density at radius 1 is 1.32 bits per heavy atom. The van der Waals surface area contributed by atoms with Crippen LogP contribution in [0.5, 0.6) is 5.75 Å². The lowest BCUT2D eigenvalue weighted by atomic mass is 10.1. The van der Waals surface area contributed by atoms with Gasteiger partial charge in [-0.2, -0.15) is 0 Å². The largest absolute Gasteiger partial charge is 0.573 e. The van der Waals surface area contributed by atoms with Crippen molar-refractivity contribution < 1.29 is 32.6 Å². The lowest BCUT2D eigenvalue weighted by Gasteiger charge is -2.10. The highest BCUT2D eigenvalue weighted by atomic mass is 32.2. The topological polar surface area (TPSA) is 63.6 Å². The van der Waals surface area contributed by atoms with Crippen LogP contribution >= 0.6 is 11.8 Å². The molecule has 1 N–H and O–H groups in total. The minimum Gasteiger partial charge on any atom is -0.478 e. The fraction of sp³-hybridized carbons (Fsp3) is 0.286. The first-order valence-electron chi connectivity index (χ1n) is 6.11. The summed E-state index contributed by atoms with van der Waals surface area (Å²) in [4.78, 5) is 21.6. The zero-order valence-electron chi connectivity index (χ0n) is 11.5. The van der Waals surface area contributed by atoms with Gasteiger partial charge in [0.15, 0.2) is 5.12 Å². The second-order valence-corrected chi connectivity index (χ2v) is 5.45. The van der Waals surface area contributed by atoms with Crippen molar-refractivity contribution in [2.24, 2.45) is 0 Å². The summed E-state index contributed by atoms with van der Waals surface area (Å²) in [5.74, 6) is -1.41. The molecule has 0 aliphatic heterocycles. The number of hydrogen-bond acceptors (Lipinski definition) is 4. The first kappa shape index (κ1) is 18.1. The lowest BCUT2D eigenvalue weighted by Crippen LogP contribution is -2.17. The Hall–Kier alpha value is -1.96. The number of rotatable bonds is 6. The molecule has 0 radical (unpaired) electrons. The summed E-state index contributed by atoms with van der Waals surface area (Å²) in [6.45, 7) is 1.44. The van der Waals surface area contributed by atoms with Crippen LogP contribution in [-0.2, 0) is 4.79 Å². The summed E-state index contributed by atoms with van der Waals surface area (Å²) in [6, 6.07) is 3.13. The maximum absolute atomic E-state index is 12.2. The second kappa shape index (κ2) is 7.88. The highest BCUT2D eigenvalue weighted by Crippen LogP contribution is 2.25. The van der Waals surface area contributed by atoms with E-state index in [0.717, 1.165) is 23.9 Å². The van der Waals surface area contributed by atoms with E-state index in [1.165, 1.54) is 19.1 Å². The van der Waals surface area contributed by atoms with Gasteiger partial charge in [-0.1, -0.05) is 23.9 Å². The van der Waals surface area contributed by atoms with Crippen LogP contribution in [0, 0.1) is 0 Å². The Kier molecular flexibility index (Phi) is 6.48. The predicted molar refractivity (Wildman–Crippen MR) is 76.9 cm³/mol.